The molecule has 4 heteroatoms. The molecule has 0 saturated heterocycles. The van der Waals surface area contributed by atoms with Gasteiger partial charge in [0.15, 0.2) is 0 Å². The third-order valence-corrected chi connectivity index (χ3v) is 5.69. The minimum absolute atomic E-state index is 0.101. The Kier molecular flexibility index (Phi) is 25.2. The summed E-state index contributed by atoms with van der Waals surface area (Å²) in [7, 11) is 0. The lowest BCUT2D eigenvalue weighted by Gasteiger charge is -2.19. The van der Waals surface area contributed by atoms with Crippen molar-refractivity contribution in [3.8, 4) is 0 Å². The van der Waals surface area contributed by atoms with Crippen molar-refractivity contribution >= 4 is 5.91 Å². The Hall–Kier alpha value is -1.91. The topological polar surface area (TPSA) is 69.6 Å². The van der Waals surface area contributed by atoms with Crippen molar-refractivity contribution < 1.29 is 15.0 Å². The highest BCUT2D eigenvalue weighted by Gasteiger charge is 2.17. The average molecular weight is 488 g/mol. The first kappa shape index (κ1) is 33.1. The fraction of sp³-hybridized carbons (Fsp3) is 0.645. The molecule has 4 nitrogen and oxygen atoms in total. The Balaban J connectivity index is 3.83. The Labute approximate surface area is 216 Å². The lowest BCUT2D eigenvalue weighted by atomic mass is 10.1. The highest BCUT2D eigenvalue weighted by molar-refractivity contribution is 5.76. The number of rotatable bonds is 23. The van der Waals surface area contributed by atoms with E-state index in [0.717, 1.165) is 64.2 Å². The zero-order valence-electron chi connectivity index (χ0n) is 22.5. The minimum Gasteiger partial charge on any atom is -0.394 e. The maximum absolute atomic E-state index is 12.2. The van der Waals surface area contributed by atoms with Crippen LogP contribution in [0.2, 0.25) is 0 Å². The Bertz CT molecular complexity index is 619. The van der Waals surface area contributed by atoms with Gasteiger partial charge in [0.2, 0.25) is 5.91 Å². The van der Waals surface area contributed by atoms with Crippen LogP contribution >= 0.6 is 0 Å². The lowest BCUT2D eigenvalue weighted by molar-refractivity contribution is -0.123. The number of unbranched alkanes of at least 4 members (excludes halogenated alkanes) is 8. The van der Waals surface area contributed by atoms with Gasteiger partial charge in [-0.1, -0.05) is 100 Å². The summed E-state index contributed by atoms with van der Waals surface area (Å²) in [5.41, 5.74) is 0. The summed E-state index contributed by atoms with van der Waals surface area (Å²) in [6.45, 7) is 4.06. The lowest BCUT2D eigenvalue weighted by Crippen LogP contribution is -2.45. The van der Waals surface area contributed by atoms with Crippen LogP contribution in [0.1, 0.15) is 110 Å². The van der Waals surface area contributed by atoms with E-state index in [2.05, 4.69) is 67.8 Å². The Morgan fingerprint density at radius 2 is 1.29 bits per heavy atom. The fourth-order valence-corrected chi connectivity index (χ4v) is 3.54. The van der Waals surface area contributed by atoms with E-state index in [4.69, 9.17) is 0 Å². The predicted octanol–water partition coefficient (Wildman–Crippen LogP) is 7.50. The molecule has 0 fully saturated rings. The van der Waals surface area contributed by atoms with E-state index >= 15 is 0 Å². The van der Waals surface area contributed by atoms with Crippen molar-refractivity contribution in [2.75, 3.05) is 6.61 Å². The second kappa shape index (κ2) is 26.7. The van der Waals surface area contributed by atoms with E-state index in [1.165, 1.54) is 25.7 Å². The molecule has 200 valence electrons. The second-order valence-electron chi connectivity index (χ2n) is 9.05. The van der Waals surface area contributed by atoms with Gasteiger partial charge in [0.25, 0.3) is 0 Å². The monoisotopic (exact) mass is 487 g/mol. The van der Waals surface area contributed by atoms with Crippen LogP contribution in [0.4, 0.5) is 0 Å². The van der Waals surface area contributed by atoms with E-state index in [1.54, 1.807) is 6.08 Å². The van der Waals surface area contributed by atoms with Crippen molar-refractivity contribution in [2.45, 2.75) is 122 Å². The van der Waals surface area contributed by atoms with Gasteiger partial charge < -0.3 is 15.5 Å². The number of carbonyl (C=O) groups excluding carboxylic acids is 1. The molecule has 0 saturated carbocycles. The van der Waals surface area contributed by atoms with Crippen LogP contribution in [-0.2, 0) is 4.79 Å². The molecule has 0 aromatic rings. The predicted molar refractivity (Wildman–Crippen MR) is 151 cm³/mol. The molecule has 0 aromatic carbocycles. The first-order chi connectivity index (χ1) is 17.2. The van der Waals surface area contributed by atoms with Crippen LogP contribution in [0.3, 0.4) is 0 Å². The molecular weight excluding hydrogens is 434 g/mol. The molecule has 35 heavy (non-hydrogen) atoms. The number of carbonyl (C=O) groups is 1. The van der Waals surface area contributed by atoms with Gasteiger partial charge in [-0.25, -0.2) is 0 Å². The van der Waals surface area contributed by atoms with E-state index in [9.17, 15) is 15.0 Å². The van der Waals surface area contributed by atoms with Crippen LogP contribution in [0.25, 0.3) is 0 Å². The summed E-state index contributed by atoms with van der Waals surface area (Å²) in [6.07, 6.45) is 35.8. The summed E-state index contributed by atoms with van der Waals surface area (Å²) in [5, 5.41) is 22.6. The number of allylic oxidation sites excluding steroid dienone is 9. The van der Waals surface area contributed by atoms with Crippen molar-refractivity contribution in [3.05, 3.63) is 60.8 Å². The standard InChI is InChI=1S/C31H53NO3/c1-3-5-7-9-11-13-15-16-17-19-21-23-25-27-31(35)32-29(28-33)30(34)26-24-22-20-18-14-12-10-8-6-4-2/h6-9,13-15,18,24,26,29-30,33-34H,3-5,10-12,16-17,19-23,25,27-28H2,1-2H3,(H,32,35)/b8-6+,9-7-,15-13-,18-14+,26-24+. The molecule has 0 aliphatic carbocycles. The number of amides is 1. The maximum atomic E-state index is 12.2. The van der Waals surface area contributed by atoms with E-state index in [-0.39, 0.29) is 12.5 Å². The molecular formula is C31H53NO3. The molecule has 0 heterocycles. The molecule has 1 amide bonds. The van der Waals surface area contributed by atoms with Crippen LogP contribution in [0.5, 0.6) is 0 Å². The van der Waals surface area contributed by atoms with Gasteiger partial charge in [0.1, 0.15) is 0 Å². The molecule has 0 bridgehead atoms. The Morgan fingerprint density at radius 1 is 0.714 bits per heavy atom. The number of aliphatic hydroxyl groups is 2. The van der Waals surface area contributed by atoms with Crippen molar-refractivity contribution in [3.63, 3.8) is 0 Å². The van der Waals surface area contributed by atoms with Gasteiger partial charge in [-0.2, -0.15) is 0 Å². The summed E-state index contributed by atoms with van der Waals surface area (Å²) in [4.78, 5) is 12.2. The quantitative estimate of drug-likeness (QED) is 0.103. The molecule has 0 aromatic heterocycles. The zero-order valence-corrected chi connectivity index (χ0v) is 22.5. The minimum atomic E-state index is -0.873. The van der Waals surface area contributed by atoms with E-state index < -0.39 is 12.1 Å². The van der Waals surface area contributed by atoms with Gasteiger partial charge in [-0.05, 0) is 64.2 Å². The molecule has 0 spiro atoms. The highest BCUT2D eigenvalue weighted by atomic mass is 16.3. The number of hydrogen-bond acceptors (Lipinski definition) is 3. The Morgan fingerprint density at radius 3 is 1.94 bits per heavy atom. The smallest absolute Gasteiger partial charge is 0.220 e. The second-order valence-corrected chi connectivity index (χ2v) is 9.05. The van der Waals surface area contributed by atoms with E-state index in [1.807, 2.05) is 6.08 Å². The first-order valence-electron chi connectivity index (χ1n) is 14.0. The molecule has 0 aliphatic rings. The summed E-state index contributed by atoms with van der Waals surface area (Å²) >= 11 is 0. The summed E-state index contributed by atoms with van der Waals surface area (Å²) in [6, 6.07) is -0.650. The number of aliphatic hydroxyl groups excluding tert-OH is 2. The van der Waals surface area contributed by atoms with Crippen molar-refractivity contribution in [1.82, 2.24) is 5.32 Å². The largest absolute Gasteiger partial charge is 0.394 e. The van der Waals surface area contributed by atoms with Crippen LogP contribution in [-0.4, -0.2) is 34.9 Å². The van der Waals surface area contributed by atoms with Crippen molar-refractivity contribution in [1.29, 1.82) is 0 Å². The van der Waals surface area contributed by atoms with Gasteiger partial charge in [-0.3, -0.25) is 4.79 Å². The zero-order chi connectivity index (χ0) is 25.8. The maximum Gasteiger partial charge on any atom is 0.220 e. The van der Waals surface area contributed by atoms with Crippen LogP contribution in [0, 0.1) is 0 Å². The van der Waals surface area contributed by atoms with Gasteiger partial charge in [0.05, 0.1) is 18.8 Å². The summed E-state index contributed by atoms with van der Waals surface area (Å²) in [5.74, 6) is -0.101. The van der Waals surface area contributed by atoms with Gasteiger partial charge >= 0.3 is 0 Å². The van der Waals surface area contributed by atoms with Gasteiger partial charge in [0, 0.05) is 6.42 Å². The summed E-state index contributed by atoms with van der Waals surface area (Å²) < 4.78 is 0. The molecule has 2 atom stereocenters. The fourth-order valence-electron chi connectivity index (χ4n) is 3.54. The molecule has 0 radical (unpaired) electrons. The highest BCUT2D eigenvalue weighted by Crippen LogP contribution is 2.09. The first-order valence-corrected chi connectivity index (χ1v) is 14.0. The van der Waals surface area contributed by atoms with Crippen LogP contribution < -0.4 is 5.32 Å². The normalized spacial score (nSPS) is 14.3. The molecule has 0 rings (SSSR count). The third-order valence-electron chi connectivity index (χ3n) is 5.69. The average Bonchev–Trinajstić information content (AvgIpc) is 2.86. The number of hydrogen-bond donors (Lipinski definition) is 3. The molecule has 2 unspecified atom stereocenters. The van der Waals surface area contributed by atoms with Crippen LogP contribution in [0.15, 0.2) is 60.8 Å². The van der Waals surface area contributed by atoms with Gasteiger partial charge in [-0.15, -0.1) is 0 Å². The van der Waals surface area contributed by atoms with Crippen molar-refractivity contribution in [2.24, 2.45) is 0 Å². The third kappa shape index (κ3) is 23.6. The number of nitrogens with one attached hydrogen (secondary N) is 1. The molecule has 3 N–H and O–H groups in total. The SMILES string of the molecule is CC/C=C/CC/C=C/CC/C=C/C(O)C(CO)NC(=O)CCCCCCC/C=C\C/C=C\CCC. The molecule has 0 aliphatic heterocycles. The van der Waals surface area contributed by atoms with E-state index in [0.29, 0.717) is 6.42 Å².